The number of H-pyrrole nitrogens is 1. The average Bonchev–Trinajstić information content (AvgIpc) is 3.16. The van der Waals surface area contributed by atoms with Crippen LogP contribution in [0, 0.1) is 0 Å². The van der Waals surface area contributed by atoms with Crippen LogP contribution in [0.3, 0.4) is 0 Å². The molecular weight excluding hydrogens is 384 g/mol. The van der Waals surface area contributed by atoms with Crippen molar-refractivity contribution < 1.29 is 12.9 Å². The normalized spacial score (nSPS) is 14.2. The lowest BCUT2D eigenvalue weighted by Gasteiger charge is -2.15. The topological polar surface area (TPSA) is 135 Å². The predicted octanol–water partition coefficient (Wildman–Crippen LogP) is 0.914. The molecular formula is C17H18N6O4S. The number of nitrogens with one attached hydrogen (secondary N) is 1. The van der Waals surface area contributed by atoms with E-state index < -0.39 is 10.0 Å². The van der Waals surface area contributed by atoms with Crippen molar-refractivity contribution in [1.29, 1.82) is 0 Å². The number of hydrogen-bond donors (Lipinski definition) is 1. The van der Waals surface area contributed by atoms with E-state index in [1.165, 1.54) is 25.5 Å². The maximum atomic E-state index is 12.6. The van der Waals surface area contributed by atoms with Crippen molar-refractivity contribution in [2.45, 2.75) is 37.1 Å². The van der Waals surface area contributed by atoms with E-state index >= 15 is 0 Å². The van der Waals surface area contributed by atoms with Crippen molar-refractivity contribution in [1.82, 2.24) is 29.6 Å². The summed E-state index contributed by atoms with van der Waals surface area (Å²) in [6.45, 7) is -0.130. The molecule has 11 heteroatoms. The Kier molecular flexibility index (Phi) is 4.77. The Hall–Kier alpha value is -2.92. The minimum Gasteiger partial charge on any atom is -0.338 e. The van der Waals surface area contributed by atoms with Crippen molar-refractivity contribution in [3.05, 3.63) is 52.0 Å². The first-order chi connectivity index (χ1) is 13.5. The molecule has 0 saturated carbocycles. The van der Waals surface area contributed by atoms with Gasteiger partial charge in [0.05, 0.1) is 17.8 Å². The van der Waals surface area contributed by atoms with Gasteiger partial charge in [0.25, 0.3) is 5.56 Å². The number of pyridine rings is 1. The first kappa shape index (κ1) is 18.4. The van der Waals surface area contributed by atoms with Gasteiger partial charge < -0.3 is 4.52 Å². The number of sulfonamides is 1. The molecule has 3 aromatic rings. The number of aryl methyl sites for hydroxylation is 1. The highest BCUT2D eigenvalue weighted by Crippen LogP contribution is 2.26. The molecule has 3 heterocycles. The molecule has 0 saturated heterocycles. The zero-order valence-electron chi connectivity index (χ0n) is 15.1. The van der Waals surface area contributed by atoms with Crippen molar-refractivity contribution in [2.24, 2.45) is 0 Å². The van der Waals surface area contributed by atoms with Gasteiger partial charge >= 0.3 is 0 Å². The molecule has 0 radical (unpaired) electrons. The van der Waals surface area contributed by atoms with Gasteiger partial charge in [0, 0.05) is 19.4 Å². The van der Waals surface area contributed by atoms with Gasteiger partial charge in [-0.15, -0.1) is 0 Å². The molecule has 0 atom stereocenters. The summed E-state index contributed by atoms with van der Waals surface area (Å²) in [7, 11) is -2.34. The molecule has 0 spiro atoms. The summed E-state index contributed by atoms with van der Waals surface area (Å²) < 4.78 is 31.5. The van der Waals surface area contributed by atoms with Crippen LogP contribution in [0.5, 0.6) is 0 Å². The van der Waals surface area contributed by atoms with Gasteiger partial charge in [0.1, 0.15) is 4.90 Å². The van der Waals surface area contributed by atoms with Gasteiger partial charge in [0.15, 0.2) is 0 Å². The smallest absolute Gasteiger partial charge is 0.275 e. The molecule has 1 aliphatic carbocycles. The van der Waals surface area contributed by atoms with E-state index in [-0.39, 0.29) is 28.7 Å². The lowest BCUT2D eigenvalue weighted by atomic mass is 9.93. The third-order valence-electron chi connectivity index (χ3n) is 4.65. The predicted molar refractivity (Wildman–Crippen MR) is 97.7 cm³/mol. The summed E-state index contributed by atoms with van der Waals surface area (Å²) in [5, 5.41) is 10.5. The Morgan fingerprint density at radius 1 is 1.29 bits per heavy atom. The van der Waals surface area contributed by atoms with E-state index in [1.807, 2.05) is 0 Å². The van der Waals surface area contributed by atoms with E-state index in [9.17, 15) is 13.2 Å². The fourth-order valence-corrected chi connectivity index (χ4v) is 4.29. The van der Waals surface area contributed by atoms with E-state index in [0.717, 1.165) is 41.2 Å². The van der Waals surface area contributed by atoms with Crippen molar-refractivity contribution in [2.75, 3.05) is 7.05 Å². The van der Waals surface area contributed by atoms with E-state index in [2.05, 4.69) is 25.3 Å². The minimum absolute atomic E-state index is 0.0666. The van der Waals surface area contributed by atoms with Gasteiger partial charge in [-0.3, -0.25) is 9.78 Å². The Morgan fingerprint density at radius 2 is 2.11 bits per heavy atom. The fraction of sp³-hybridized carbons (Fsp3) is 0.353. The molecule has 0 unspecified atom stereocenters. The van der Waals surface area contributed by atoms with E-state index in [1.54, 1.807) is 6.07 Å². The van der Waals surface area contributed by atoms with Crippen LogP contribution >= 0.6 is 0 Å². The second kappa shape index (κ2) is 7.24. The lowest BCUT2D eigenvalue weighted by molar-refractivity contribution is 0.336. The van der Waals surface area contributed by atoms with Gasteiger partial charge in [-0.1, -0.05) is 5.16 Å². The van der Waals surface area contributed by atoms with E-state index in [4.69, 9.17) is 4.52 Å². The highest BCUT2D eigenvalue weighted by molar-refractivity contribution is 7.89. The number of aromatic amines is 1. The van der Waals surface area contributed by atoms with Gasteiger partial charge in [-0.2, -0.15) is 14.4 Å². The zero-order chi connectivity index (χ0) is 19.7. The number of fused-ring (bicyclic) bond motifs is 1. The molecule has 4 rings (SSSR count). The number of nitrogens with zero attached hydrogens (tertiary/aromatic N) is 5. The van der Waals surface area contributed by atoms with Crippen molar-refractivity contribution in [3.8, 4) is 11.4 Å². The summed E-state index contributed by atoms with van der Waals surface area (Å²) in [5.74, 6) is 0.231. The summed E-state index contributed by atoms with van der Waals surface area (Å²) in [5.41, 5.74) is 1.63. The van der Waals surface area contributed by atoms with Crippen LogP contribution < -0.4 is 5.56 Å². The van der Waals surface area contributed by atoms with Gasteiger partial charge in [-0.25, -0.2) is 13.5 Å². The molecule has 10 nitrogen and oxygen atoms in total. The first-order valence-electron chi connectivity index (χ1n) is 8.76. The molecule has 3 aromatic heterocycles. The van der Waals surface area contributed by atoms with Crippen LogP contribution in [0.4, 0.5) is 0 Å². The van der Waals surface area contributed by atoms with Crippen LogP contribution in [0.2, 0.25) is 0 Å². The molecule has 0 aliphatic heterocycles. The lowest BCUT2D eigenvalue weighted by Crippen LogP contribution is -2.26. The molecule has 0 bridgehead atoms. The summed E-state index contributed by atoms with van der Waals surface area (Å²) in [6.07, 6.45) is 6.25. The molecule has 0 amide bonds. The third kappa shape index (κ3) is 3.34. The average molecular weight is 402 g/mol. The number of aromatic nitrogens is 5. The molecule has 0 fully saturated rings. The van der Waals surface area contributed by atoms with Gasteiger partial charge in [0.2, 0.25) is 21.7 Å². The molecule has 0 aromatic carbocycles. The standard InChI is InChI=1S/C17H18N6O4S/c1-23(28(25,26)11-5-4-8-18-9-11)10-14-19-16(22-27-14)15-12-6-2-3-7-13(12)20-21-17(15)24/h4-5,8-9H,2-3,6-7,10H2,1H3,(H,21,24). The molecule has 146 valence electrons. The monoisotopic (exact) mass is 402 g/mol. The molecule has 1 aliphatic rings. The maximum Gasteiger partial charge on any atom is 0.275 e. The number of hydrogen-bond acceptors (Lipinski definition) is 8. The van der Waals surface area contributed by atoms with Crippen LogP contribution in [-0.2, 0) is 29.4 Å². The van der Waals surface area contributed by atoms with Crippen molar-refractivity contribution in [3.63, 3.8) is 0 Å². The third-order valence-corrected chi connectivity index (χ3v) is 6.44. The molecule has 28 heavy (non-hydrogen) atoms. The van der Waals surface area contributed by atoms with Gasteiger partial charge in [-0.05, 0) is 43.4 Å². The Morgan fingerprint density at radius 3 is 2.89 bits per heavy atom. The summed E-state index contributed by atoms with van der Waals surface area (Å²) in [4.78, 5) is 20.5. The quantitative estimate of drug-likeness (QED) is 0.665. The molecule has 1 N–H and O–H groups in total. The second-order valence-electron chi connectivity index (χ2n) is 6.52. The Balaban J connectivity index is 1.62. The highest BCUT2D eigenvalue weighted by atomic mass is 32.2. The first-order valence-corrected chi connectivity index (χ1v) is 10.2. The zero-order valence-corrected chi connectivity index (χ0v) is 15.9. The van der Waals surface area contributed by atoms with Crippen LogP contribution in [0.1, 0.15) is 30.0 Å². The summed E-state index contributed by atoms with van der Waals surface area (Å²) in [6, 6.07) is 3.01. The van der Waals surface area contributed by atoms with Crippen molar-refractivity contribution >= 4 is 10.0 Å². The Labute approximate surface area is 160 Å². The number of rotatable bonds is 5. The van der Waals surface area contributed by atoms with E-state index in [0.29, 0.717) is 5.56 Å². The SMILES string of the molecule is CN(Cc1nc(-c2c3c(n[nH]c2=O)CCCC3)no1)S(=O)(=O)c1cccnc1. The fourth-order valence-electron chi connectivity index (χ4n) is 3.21. The van der Waals surface area contributed by atoms with Crippen LogP contribution in [-0.4, -0.2) is 45.1 Å². The summed E-state index contributed by atoms with van der Waals surface area (Å²) >= 11 is 0. The van der Waals surface area contributed by atoms with Crippen LogP contribution in [0.15, 0.2) is 38.7 Å². The maximum absolute atomic E-state index is 12.6. The largest absolute Gasteiger partial charge is 0.338 e. The highest BCUT2D eigenvalue weighted by Gasteiger charge is 2.25. The Bertz CT molecular complexity index is 1160. The minimum atomic E-state index is -3.75. The second-order valence-corrected chi connectivity index (χ2v) is 8.57. The van der Waals surface area contributed by atoms with Crippen LogP contribution in [0.25, 0.3) is 11.4 Å².